The molecule has 2 aromatic rings. The molecule has 0 spiro atoms. The second-order valence-corrected chi connectivity index (χ2v) is 6.85. The van der Waals surface area contributed by atoms with Crippen LogP contribution in [0.15, 0.2) is 34.9 Å². The first-order chi connectivity index (χ1) is 11.8. The van der Waals surface area contributed by atoms with E-state index in [9.17, 15) is 9.59 Å². The molecule has 0 bridgehead atoms. The van der Waals surface area contributed by atoms with Gasteiger partial charge < -0.3 is 14.8 Å². The van der Waals surface area contributed by atoms with Gasteiger partial charge in [-0.05, 0) is 44.5 Å². The highest BCUT2D eigenvalue weighted by molar-refractivity contribution is 6.30. The third-order valence-corrected chi connectivity index (χ3v) is 4.15. The smallest absolute Gasteiger partial charge is 0.309 e. The lowest BCUT2D eigenvalue weighted by Gasteiger charge is -2.18. The second kappa shape index (κ2) is 8.16. The fourth-order valence-electron chi connectivity index (χ4n) is 2.10. The molecule has 7 heteroatoms. The molecule has 0 radical (unpaired) electrons. The van der Waals surface area contributed by atoms with Gasteiger partial charge in [0.1, 0.15) is 0 Å². The Balaban J connectivity index is 1.79. The number of hydrogen-bond acceptors (Lipinski definition) is 4. The number of aliphatic carboxylic acids is 1. The summed E-state index contributed by atoms with van der Waals surface area (Å²) in [7, 11) is 0. The van der Waals surface area contributed by atoms with Gasteiger partial charge in [-0.2, -0.15) is 0 Å². The Bertz CT molecular complexity index is 738. The van der Waals surface area contributed by atoms with E-state index in [1.54, 1.807) is 32.2 Å². The molecule has 0 aliphatic rings. The number of carbonyl (C=O) groups excluding carboxylic acids is 1. The lowest BCUT2D eigenvalue weighted by molar-refractivity contribution is -0.147. The summed E-state index contributed by atoms with van der Waals surface area (Å²) in [6, 6.07) is 7.21. The van der Waals surface area contributed by atoms with Crippen LogP contribution in [-0.2, 0) is 16.0 Å². The monoisotopic (exact) mass is 364 g/mol. The second-order valence-electron chi connectivity index (χ2n) is 6.41. The van der Waals surface area contributed by atoms with Gasteiger partial charge in [0.25, 0.3) is 0 Å². The quantitative estimate of drug-likeness (QED) is 0.747. The number of nitrogens with zero attached hydrogens (tertiary/aromatic N) is 1. The molecule has 2 N–H and O–H groups in total. The molecule has 25 heavy (non-hydrogen) atoms. The van der Waals surface area contributed by atoms with Crippen LogP contribution in [0.2, 0.25) is 5.02 Å². The normalized spacial score (nSPS) is 11.3. The molecule has 0 atom stereocenters. The minimum absolute atomic E-state index is 0.160. The summed E-state index contributed by atoms with van der Waals surface area (Å²) in [5.74, 6) is 0.0601. The Labute approximate surface area is 151 Å². The Morgan fingerprint density at radius 2 is 1.96 bits per heavy atom. The predicted molar refractivity (Wildman–Crippen MR) is 94.3 cm³/mol. The van der Waals surface area contributed by atoms with Crippen LogP contribution >= 0.6 is 11.6 Å². The van der Waals surface area contributed by atoms with Gasteiger partial charge in [0.15, 0.2) is 11.7 Å². The largest absolute Gasteiger partial charge is 0.481 e. The Hall–Kier alpha value is -2.34. The van der Waals surface area contributed by atoms with Crippen molar-refractivity contribution in [3.05, 3.63) is 41.4 Å². The molecule has 6 nitrogen and oxygen atoms in total. The van der Waals surface area contributed by atoms with E-state index in [4.69, 9.17) is 21.1 Å². The maximum atomic E-state index is 11.8. The van der Waals surface area contributed by atoms with Crippen LogP contribution < -0.4 is 5.32 Å². The average Bonchev–Trinajstić information content (AvgIpc) is 3.02. The van der Waals surface area contributed by atoms with Crippen molar-refractivity contribution in [1.29, 1.82) is 0 Å². The summed E-state index contributed by atoms with van der Waals surface area (Å²) in [5.41, 5.74) is 0.00655. The van der Waals surface area contributed by atoms with E-state index in [-0.39, 0.29) is 12.3 Å². The minimum atomic E-state index is -0.878. The van der Waals surface area contributed by atoms with Crippen molar-refractivity contribution in [2.75, 3.05) is 6.54 Å². The summed E-state index contributed by atoms with van der Waals surface area (Å²) < 4.78 is 5.64. The van der Waals surface area contributed by atoms with Gasteiger partial charge in [0.2, 0.25) is 5.91 Å². The molecule has 0 fully saturated rings. The van der Waals surface area contributed by atoms with Crippen molar-refractivity contribution in [3.63, 3.8) is 0 Å². The first kappa shape index (κ1) is 19.0. The molecule has 2 rings (SSSR count). The molecule has 134 valence electrons. The van der Waals surface area contributed by atoms with Crippen molar-refractivity contribution < 1.29 is 19.1 Å². The van der Waals surface area contributed by atoms with Crippen LogP contribution in [0.5, 0.6) is 0 Å². The number of hydrogen-bond donors (Lipinski definition) is 2. The molecule has 0 saturated heterocycles. The van der Waals surface area contributed by atoms with E-state index >= 15 is 0 Å². The van der Waals surface area contributed by atoms with Gasteiger partial charge in [-0.15, -0.1) is 0 Å². The SMILES string of the molecule is CC(C)(CCNC(=O)CCc1ncc(-c2ccc(Cl)cc2)o1)C(=O)O. The number of benzene rings is 1. The van der Waals surface area contributed by atoms with Gasteiger partial charge in [-0.25, -0.2) is 4.98 Å². The fourth-order valence-corrected chi connectivity index (χ4v) is 2.23. The Morgan fingerprint density at radius 3 is 2.60 bits per heavy atom. The molecule has 1 amide bonds. The van der Waals surface area contributed by atoms with E-state index in [2.05, 4.69) is 10.3 Å². The summed E-state index contributed by atoms with van der Waals surface area (Å²) >= 11 is 5.85. The van der Waals surface area contributed by atoms with Gasteiger partial charge in [-0.1, -0.05) is 11.6 Å². The van der Waals surface area contributed by atoms with E-state index in [0.717, 1.165) is 5.56 Å². The van der Waals surface area contributed by atoms with Crippen LogP contribution in [-0.4, -0.2) is 28.5 Å². The number of halogens is 1. The molecule has 0 unspecified atom stereocenters. The van der Waals surface area contributed by atoms with Crippen LogP contribution in [0.1, 0.15) is 32.6 Å². The number of aromatic nitrogens is 1. The predicted octanol–water partition coefficient (Wildman–Crippen LogP) is 3.54. The number of carbonyl (C=O) groups is 2. The molecular weight excluding hydrogens is 344 g/mol. The maximum Gasteiger partial charge on any atom is 0.309 e. The molecule has 1 heterocycles. The van der Waals surface area contributed by atoms with Crippen molar-refractivity contribution in [2.24, 2.45) is 5.41 Å². The zero-order chi connectivity index (χ0) is 18.4. The summed E-state index contributed by atoms with van der Waals surface area (Å²) in [5, 5.41) is 12.4. The van der Waals surface area contributed by atoms with Crippen LogP contribution in [0, 0.1) is 5.41 Å². The van der Waals surface area contributed by atoms with Crippen molar-refractivity contribution in [1.82, 2.24) is 10.3 Å². The topological polar surface area (TPSA) is 92.4 Å². The van der Waals surface area contributed by atoms with Gasteiger partial charge in [-0.3, -0.25) is 9.59 Å². The number of carboxylic acid groups (broad SMARTS) is 1. The highest BCUT2D eigenvalue weighted by atomic mass is 35.5. The van der Waals surface area contributed by atoms with E-state index in [1.807, 2.05) is 12.1 Å². The lowest BCUT2D eigenvalue weighted by atomic mass is 9.90. The van der Waals surface area contributed by atoms with Crippen LogP contribution in [0.4, 0.5) is 0 Å². The lowest BCUT2D eigenvalue weighted by Crippen LogP contribution is -2.32. The van der Waals surface area contributed by atoms with Gasteiger partial charge in [0, 0.05) is 30.0 Å². The number of rotatable bonds is 8. The summed E-state index contributed by atoms with van der Waals surface area (Å²) in [6.07, 6.45) is 2.59. The number of carboxylic acids is 1. The standard InChI is InChI=1S/C18H21ClN2O4/c1-18(2,17(23)24)9-10-20-15(22)7-8-16-21-11-14(25-16)12-3-5-13(19)6-4-12/h3-6,11H,7-10H2,1-2H3,(H,20,22)(H,23,24). The zero-order valence-electron chi connectivity index (χ0n) is 14.2. The first-order valence-electron chi connectivity index (χ1n) is 7.99. The first-order valence-corrected chi connectivity index (χ1v) is 8.36. The van der Waals surface area contributed by atoms with E-state index in [0.29, 0.717) is 36.1 Å². The number of nitrogens with one attached hydrogen (secondary N) is 1. The number of aryl methyl sites for hydroxylation is 1. The summed E-state index contributed by atoms with van der Waals surface area (Å²) in [6.45, 7) is 3.58. The maximum absolute atomic E-state index is 11.8. The minimum Gasteiger partial charge on any atom is -0.481 e. The molecule has 1 aromatic heterocycles. The Morgan fingerprint density at radius 1 is 1.28 bits per heavy atom. The van der Waals surface area contributed by atoms with E-state index in [1.165, 1.54) is 0 Å². The third kappa shape index (κ3) is 5.60. The van der Waals surface area contributed by atoms with Gasteiger partial charge in [0.05, 0.1) is 11.6 Å². The molecule has 1 aromatic carbocycles. The highest BCUT2D eigenvalue weighted by Crippen LogP contribution is 2.23. The number of amides is 1. The molecule has 0 saturated carbocycles. The van der Waals surface area contributed by atoms with Crippen LogP contribution in [0.3, 0.4) is 0 Å². The van der Waals surface area contributed by atoms with Crippen molar-refractivity contribution in [3.8, 4) is 11.3 Å². The average molecular weight is 365 g/mol. The fraction of sp³-hybridized carbons (Fsp3) is 0.389. The molecule has 0 aliphatic heterocycles. The Kier molecular flexibility index (Phi) is 6.20. The van der Waals surface area contributed by atoms with Gasteiger partial charge >= 0.3 is 5.97 Å². The molecule has 0 aliphatic carbocycles. The summed E-state index contributed by atoms with van der Waals surface area (Å²) in [4.78, 5) is 27.0. The van der Waals surface area contributed by atoms with Crippen LogP contribution in [0.25, 0.3) is 11.3 Å². The third-order valence-electron chi connectivity index (χ3n) is 3.90. The van der Waals surface area contributed by atoms with E-state index < -0.39 is 11.4 Å². The highest BCUT2D eigenvalue weighted by Gasteiger charge is 2.26. The number of oxazole rings is 1. The van der Waals surface area contributed by atoms with Crippen molar-refractivity contribution >= 4 is 23.5 Å². The molecular formula is C18H21ClN2O4. The van der Waals surface area contributed by atoms with Crippen molar-refractivity contribution in [2.45, 2.75) is 33.1 Å². The zero-order valence-corrected chi connectivity index (χ0v) is 15.0.